The Morgan fingerprint density at radius 3 is 2.39 bits per heavy atom. The molecule has 1 saturated heterocycles. The van der Waals surface area contributed by atoms with Crippen LogP contribution in [0.15, 0.2) is 54.6 Å². The van der Waals surface area contributed by atoms with Gasteiger partial charge in [-0.1, -0.05) is 35.4 Å². The molecule has 0 N–H and O–H groups in total. The predicted octanol–water partition coefficient (Wildman–Crippen LogP) is 4.81. The van der Waals surface area contributed by atoms with E-state index in [1.165, 1.54) is 11.3 Å². The Kier molecular flexibility index (Phi) is 3.89. The molecule has 2 aromatic carbocycles. The number of hydrogen-bond acceptors (Lipinski definition) is 4. The highest BCUT2D eigenvalue weighted by Gasteiger charge is 2.84. The number of carbonyl (C=O) groups excluding carboxylic acids is 3. The van der Waals surface area contributed by atoms with Gasteiger partial charge in [0.2, 0.25) is 11.8 Å². The molecule has 3 saturated carbocycles. The quantitative estimate of drug-likeness (QED) is 0.350. The first-order valence-corrected chi connectivity index (χ1v) is 11.9. The van der Waals surface area contributed by atoms with Crippen molar-refractivity contribution < 1.29 is 19.1 Å². The van der Waals surface area contributed by atoms with Gasteiger partial charge >= 0.3 is 0 Å². The van der Waals surface area contributed by atoms with Gasteiger partial charge in [-0.2, -0.15) is 0 Å². The lowest BCUT2D eigenvalue weighted by Crippen LogP contribution is -2.51. The van der Waals surface area contributed by atoms with Crippen molar-refractivity contribution in [2.24, 2.45) is 40.9 Å². The van der Waals surface area contributed by atoms with E-state index in [1.807, 2.05) is 0 Å². The number of benzene rings is 2. The average Bonchev–Trinajstić information content (AvgIpc) is 3.37. The minimum atomic E-state index is -0.253. The van der Waals surface area contributed by atoms with Crippen LogP contribution in [0.1, 0.15) is 16.8 Å². The van der Waals surface area contributed by atoms with Crippen molar-refractivity contribution in [3.8, 4) is 5.75 Å². The lowest BCUT2D eigenvalue weighted by atomic mass is 9.52. The van der Waals surface area contributed by atoms with Gasteiger partial charge in [-0.25, -0.2) is 0 Å². The summed E-state index contributed by atoms with van der Waals surface area (Å²) < 4.78 is 5.61. The number of imide groups is 1. The molecular formula is C26H19Cl2NO4. The second-order valence-corrected chi connectivity index (χ2v) is 10.7. The van der Waals surface area contributed by atoms with E-state index in [4.69, 9.17) is 27.9 Å². The van der Waals surface area contributed by atoms with Crippen molar-refractivity contribution in [2.75, 3.05) is 11.5 Å². The largest absolute Gasteiger partial charge is 0.485 e. The number of anilines is 1. The minimum absolute atomic E-state index is 0.0578. The molecule has 1 aliphatic heterocycles. The highest BCUT2D eigenvalue weighted by atomic mass is 35.5. The van der Waals surface area contributed by atoms with E-state index in [1.54, 1.807) is 42.5 Å². The Hall–Kier alpha value is -2.63. The molecule has 4 aliphatic carbocycles. The molecule has 1 spiro atoms. The fourth-order valence-corrected chi connectivity index (χ4v) is 7.71. The molecule has 33 heavy (non-hydrogen) atoms. The van der Waals surface area contributed by atoms with Gasteiger partial charge in [0.15, 0.2) is 12.4 Å². The van der Waals surface area contributed by atoms with E-state index < -0.39 is 0 Å². The second-order valence-electron chi connectivity index (χ2n) is 9.84. The van der Waals surface area contributed by atoms with Crippen LogP contribution >= 0.6 is 23.2 Å². The van der Waals surface area contributed by atoms with Crippen LogP contribution in [-0.4, -0.2) is 24.2 Å². The molecule has 5 aliphatic rings. The molecule has 7 atom stereocenters. The third-order valence-corrected chi connectivity index (χ3v) is 8.95. The van der Waals surface area contributed by atoms with Crippen LogP contribution in [0, 0.1) is 40.9 Å². The van der Waals surface area contributed by atoms with Crippen molar-refractivity contribution in [1.82, 2.24) is 0 Å². The van der Waals surface area contributed by atoms with Gasteiger partial charge in [-0.05, 0) is 72.6 Å². The fraction of sp³-hybridized carbons (Fsp3) is 0.346. The number of carbonyl (C=O) groups is 3. The summed E-state index contributed by atoms with van der Waals surface area (Å²) in [6.45, 7) is -0.178. The molecule has 7 rings (SSSR count). The van der Waals surface area contributed by atoms with Crippen LogP contribution in [0.3, 0.4) is 0 Å². The van der Waals surface area contributed by atoms with E-state index in [0.29, 0.717) is 44.8 Å². The van der Waals surface area contributed by atoms with Gasteiger partial charge in [0, 0.05) is 21.0 Å². The molecule has 4 fully saturated rings. The van der Waals surface area contributed by atoms with Gasteiger partial charge in [-0.15, -0.1) is 0 Å². The Bertz CT molecular complexity index is 1270. The average molecular weight is 480 g/mol. The molecule has 2 aromatic rings. The van der Waals surface area contributed by atoms with E-state index >= 15 is 0 Å². The zero-order chi connectivity index (χ0) is 22.6. The van der Waals surface area contributed by atoms with Gasteiger partial charge in [0.05, 0.1) is 17.5 Å². The number of ketones is 1. The summed E-state index contributed by atoms with van der Waals surface area (Å²) in [6.07, 6.45) is 5.65. The van der Waals surface area contributed by atoms with Gasteiger partial charge in [0.1, 0.15) is 5.75 Å². The van der Waals surface area contributed by atoms with E-state index in [2.05, 4.69) is 12.2 Å². The Morgan fingerprint density at radius 1 is 1.03 bits per heavy atom. The summed E-state index contributed by atoms with van der Waals surface area (Å²) in [5.74, 6) is 1.61. The van der Waals surface area contributed by atoms with Crippen LogP contribution in [0.5, 0.6) is 5.75 Å². The maximum atomic E-state index is 13.4. The molecule has 7 unspecified atom stereocenters. The topological polar surface area (TPSA) is 63.7 Å². The van der Waals surface area contributed by atoms with E-state index in [9.17, 15) is 14.4 Å². The first kappa shape index (κ1) is 19.8. The van der Waals surface area contributed by atoms with Crippen molar-refractivity contribution in [1.29, 1.82) is 0 Å². The van der Waals surface area contributed by atoms with Crippen molar-refractivity contribution in [3.05, 3.63) is 70.2 Å². The summed E-state index contributed by atoms with van der Waals surface area (Å²) >= 11 is 11.9. The summed E-state index contributed by atoms with van der Waals surface area (Å²) in [5.41, 5.74) is 1.08. The fourth-order valence-electron chi connectivity index (χ4n) is 7.19. The Balaban J connectivity index is 1.07. The Morgan fingerprint density at radius 2 is 1.73 bits per heavy atom. The van der Waals surface area contributed by atoms with Crippen LogP contribution in [0.25, 0.3) is 0 Å². The maximum absolute atomic E-state index is 13.4. The SMILES string of the molecule is O=C(COc1ccc(N2C(=O)C3C(C2=O)C2C4CC4C24C=CC34)cc1)c1cc(Cl)cc(Cl)c1. The molecule has 1 heterocycles. The third-order valence-electron chi connectivity index (χ3n) is 8.51. The van der Waals surface area contributed by atoms with E-state index in [0.717, 1.165) is 0 Å². The van der Waals surface area contributed by atoms with Crippen molar-refractivity contribution in [3.63, 3.8) is 0 Å². The highest BCUT2D eigenvalue weighted by Crippen LogP contribution is 2.85. The van der Waals surface area contributed by atoms with Gasteiger partial charge in [-0.3, -0.25) is 19.3 Å². The van der Waals surface area contributed by atoms with Crippen LogP contribution in [0.4, 0.5) is 5.69 Å². The number of amides is 2. The van der Waals surface area contributed by atoms with E-state index in [-0.39, 0.29) is 47.4 Å². The summed E-state index contributed by atoms with van der Waals surface area (Å²) in [4.78, 5) is 40.4. The van der Waals surface area contributed by atoms with Crippen LogP contribution in [0.2, 0.25) is 10.0 Å². The van der Waals surface area contributed by atoms with Crippen LogP contribution < -0.4 is 9.64 Å². The number of Topliss-reactive ketones (excluding diaryl/α,β-unsaturated/α-hetero) is 1. The third kappa shape index (κ3) is 2.47. The lowest BCUT2D eigenvalue weighted by molar-refractivity contribution is -0.126. The van der Waals surface area contributed by atoms with Crippen molar-refractivity contribution in [2.45, 2.75) is 6.42 Å². The molecular weight excluding hydrogens is 461 g/mol. The molecule has 5 nitrogen and oxygen atoms in total. The maximum Gasteiger partial charge on any atom is 0.238 e. The monoisotopic (exact) mass is 479 g/mol. The summed E-state index contributed by atoms with van der Waals surface area (Å²) in [7, 11) is 0. The zero-order valence-corrected chi connectivity index (χ0v) is 18.9. The highest BCUT2D eigenvalue weighted by molar-refractivity contribution is 6.35. The molecule has 0 bridgehead atoms. The smallest absolute Gasteiger partial charge is 0.238 e. The molecule has 2 amide bonds. The molecule has 0 aromatic heterocycles. The number of halogens is 2. The first-order valence-electron chi connectivity index (χ1n) is 11.2. The normalized spacial score (nSPS) is 36.4. The number of fused-ring (bicyclic) bond motifs is 5. The first-order chi connectivity index (χ1) is 15.9. The summed E-state index contributed by atoms with van der Waals surface area (Å²) in [6, 6.07) is 11.4. The standard InChI is InChI=1S/C26H19Cl2NO4/c27-13-7-12(8-14(28)9-13)20(30)11-33-16-3-1-15(2-4-16)29-24(31)21-18-5-6-26(18)19-10-17(19)23(26)22(21)25(29)32/h1-9,17-19,21-23H,10-11H2. The number of allylic oxidation sites excluding steroid dienone is 2. The van der Waals surface area contributed by atoms with Gasteiger partial charge in [0.25, 0.3) is 0 Å². The zero-order valence-electron chi connectivity index (χ0n) is 17.4. The molecule has 166 valence electrons. The number of ether oxygens (including phenoxy) is 1. The van der Waals surface area contributed by atoms with Gasteiger partial charge < -0.3 is 4.74 Å². The summed E-state index contributed by atoms with van der Waals surface area (Å²) in [5, 5.41) is 0.766. The number of nitrogens with zero attached hydrogens (tertiary/aromatic N) is 1. The number of rotatable bonds is 5. The van der Waals surface area contributed by atoms with Crippen molar-refractivity contribution >= 4 is 46.5 Å². The Labute approximate surface area is 200 Å². The van der Waals surface area contributed by atoms with Crippen LogP contribution in [-0.2, 0) is 9.59 Å². The molecule has 0 radical (unpaired) electrons. The second kappa shape index (κ2) is 6.49. The lowest BCUT2D eigenvalue weighted by Gasteiger charge is -2.52. The number of hydrogen-bond donors (Lipinski definition) is 0. The molecule has 7 heteroatoms. The minimum Gasteiger partial charge on any atom is -0.485 e. The predicted molar refractivity (Wildman–Crippen MR) is 122 cm³/mol.